The van der Waals surface area contributed by atoms with Gasteiger partial charge in [-0.15, -0.1) is 0 Å². The van der Waals surface area contributed by atoms with Crippen molar-refractivity contribution in [3.8, 4) is 11.5 Å². The van der Waals surface area contributed by atoms with Crippen LogP contribution in [0.3, 0.4) is 0 Å². The molecule has 8 heteroatoms. The first-order valence-corrected chi connectivity index (χ1v) is 12.2. The maximum absolute atomic E-state index is 13.3. The molecule has 1 aliphatic heterocycles. The van der Waals surface area contributed by atoms with Crippen LogP contribution in [0, 0.1) is 0 Å². The molecule has 7 nitrogen and oxygen atoms in total. The Morgan fingerprint density at radius 3 is 2.42 bits per heavy atom. The van der Waals surface area contributed by atoms with E-state index < -0.39 is 16.1 Å². The Bertz CT molecular complexity index is 1210. The number of carbonyl (C=O) groups excluding carboxylic acids is 1. The van der Waals surface area contributed by atoms with Crippen LogP contribution >= 0.6 is 0 Å². The summed E-state index contributed by atoms with van der Waals surface area (Å²) in [7, 11) is -2.15. The summed E-state index contributed by atoms with van der Waals surface area (Å²) >= 11 is 0. The van der Waals surface area contributed by atoms with E-state index >= 15 is 0 Å². The number of amides is 1. The number of rotatable bonds is 7. The quantitative estimate of drug-likeness (QED) is 0.574. The van der Waals surface area contributed by atoms with Gasteiger partial charge in [0, 0.05) is 0 Å². The first-order valence-electron chi connectivity index (χ1n) is 10.6. The number of hydrogen-bond donors (Lipinski definition) is 1. The highest BCUT2D eigenvalue weighted by Crippen LogP contribution is 2.36. The third-order valence-electron chi connectivity index (χ3n) is 5.53. The number of hydrogen-bond acceptors (Lipinski definition) is 5. The lowest BCUT2D eigenvalue weighted by Crippen LogP contribution is -2.51. The third-order valence-corrected chi connectivity index (χ3v) is 7.24. The highest BCUT2D eigenvalue weighted by Gasteiger charge is 2.37. The molecule has 33 heavy (non-hydrogen) atoms. The van der Waals surface area contributed by atoms with E-state index in [1.54, 1.807) is 55.6 Å². The molecule has 3 aromatic rings. The molecule has 0 radical (unpaired) electrons. The van der Waals surface area contributed by atoms with Crippen LogP contribution in [-0.2, 0) is 20.6 Å². The summed E-state index contributed by atoms with van der Waals surface area (Å²) in [6, 6.07) is 22.9. The van der Waals surface area contributed by atoms with Crippen LogP contribution in [0.5, 0.6) is 11.5 Å². The standard InChI is InChI=1S/C25H26N2O5S/c1-18(20-12-14-21(31-2)15-13-20)26-25(28)24-16-27(22-10-6-7-11-23(22)32-24)33(29,30)17-19-8-4-3-5-9-19/h3-15,18,24H,16-17H2,1-2H3,(H,26,28)/t18-,24-/m1/s1. The van der Waals surface area contributed by atoms with Gasteiger partial charge in [0.05, 0.1) is 31.1 Å². The lowest BCUT2D eigenvalue weighted by atomic mass is 10.1. The zero-order chi connectivity index (χ0) is 23.4. The van der Waals surface area contributed by atoms with E-state index in [0.717, 1.165) is 11.3 Å². The minimum Gasteiger partial charge on any atom is -0.497 e. The summed E-state index contributed by atoms with van der Waals surface area (Å²) in [6.45, 7) is 1.76. The number of carbonyl (C=O) groups is 1. The Balaban J connectivity index is 1.54. The summed E-state index contributed by atoms with van der Waals surface area (Å²) < 4.78 is 39.0. The Kier molecular flexibility index (Phi) is 6.55. The number of nitrogens with one attached hydrogen (secondary N) is 1. The summed E-state index contributed by atoms with van der Waals surface area (Å²) in [5.74, 6) is 0.535. The SMILES string of the molecule is COc1ccc([C@@H](C)NC(=O)[C@H]2CN(S(=O)(=O)Cc3ccccc3)c3ccccc3O2)cc1. The zero-order valence-corrected chi connectivity index (χ0v) is 19.3. The number of ether oxygens (including phenoxy) is 2. The van der Waals surface area contributed by atoms with E-state index in [2.05, 4.69) is 5.32 Å². The molecule has 4 rings (SSSR count). The molecule has 3 aromatic carbocycles. The molecule has 172 valence electrons. The van der Waals surface area contributed by atoms with Crippen molar-refractivity contribution < 1.29 is 22.7 Å². The lowest BCUT2D eigenvalue weighted by Gasteiger charge is -2.35. The molecule has 1 amide bonds. The monoisotopic (exact) mass is 466 g/mol. The van der Waals surface area contributed by atoms with Gasteiger partial charge in [-0.25, -0.2) is 8.42 Å². The van der Waals surface area contributed by atoms with Gasteiger partial charge in [-0.2, -0.15) is 0 Å². The number of nitrogens with zero attached hydrogens (tertiary/aromatic N) is 1. The Labute approximate surface area is 194 Å². The van der Waals surface area contributed by atoms with Gasteiger partial charge in [0.2, 0.25) is 10.0 Å². The van der Waals surface area contributed by atoms with Crippen molar-refractivity contribution in [2.75, 3.05) is 18.0 Å². The van der Waals surface area contributed by atoms with Crippen LogP contribution in [-0.4, -0.2) is 34.1 Å². The van der Waals surface area contributed by atoms with E-state index in [-0.39, 0.29) is 24.2 Å². The average Bonchev–Trinajstić information content (AvgIpc) is 2.83. The fourth-order valence-electron chi connectivity index (χ4n) is 3.75. The molecule has 0 saturated heterocycles. The molecular weight excluding hydrogens is 440 g/mol. The van der Waals surface area contributed by atoms with Gasteiger partial charge in [-0.1, -0.05) is 54.6 Å². The summed E-state index contributed by atoms with van der Waals surface area (Å²) in [5, 5.41) is 2.93. The predicted octanol–water partition coefficient (Wildman–Crippen LogP) is 3.67. The van der Waals surface area contributed by atoms with Crippen molar-refractivity contribution >= 4 is 21.6 Å². The zero-order valence-electron chi connectivity index (χ0n) is 18.5. The van der Waals surface area contributed by atoms with Crippen molar-refractivity contribution in [2.24, 2.45) is 0 Å². The second-order valence-corrected chi connectivity index (χ2v) is 9.74. The summed E-state index contributed by atoms with van der Waals surface area (Å²) in [5.41, 5.74) is 2.00. The minimum absolute atomic E-state index is 0.104. The number of methoxy groups -OCH3 is 1. The van der Waals surface area contributed by atoms with Crippen molar-refractivity contribution in [2.45, 2.75) is 24.8 Å². The van der Waals surface area contributed by atoms with Crippen LogP contribution in [0.25, 0.3) is 0 Å². The number of anilines is 1. The molecule has 1 heterocycles. The molecule has 0 aliphatic carbocycles. The second kappa shape index (κ2) is 9.54. The van der Waals surface area contributed by atoms with Crippen LogP contribution in [0.2, 0.25) is 0 Å². The van der Waals surface area contributed by atoms with Crippen molar-refractivity contribution in [1.82, 2.24) is 5.32 Å². The highest BCUT2D eigenvalue weighted by atomic mass is 32.2. The van der Waals surface area contributed by atoms with Gasteiger partial charge in [-0.3, -0.25) is 9.10 Å². The van der Waals surface area contributed by atoms with E-state index in [4.69, 9.17) is 9.47 Å². The van der Waals surface area contributed by atoms with Gasteiger partial charge in [0.15, 0.2) is 6.10 Å². The van der Waals surface area contributed by atoms with Crippen molar-refractivity contribution in [3.63, 3.8) is 0 Å². The number of sulfonamides is 1. The number of benzene rings is 3. The maximum atomic E-state index is 13.3. The smallest absolute Gasteiger partial charge is 0.263 e. The maximum Gasteiger partial charge on any atom is 0.263 e. The van der Waals surface area contributed by atoms with E-state index in [1.807, 2.05) is 37.3 Å². The first-order chi connectivity index (χ1) is 15.9. The van der Waals surface area contributed by atoms with Gasteiger partial charge in [-0.05, 0) is 42.3 Å². The van der Waals surface area contributed by atoms with Crippen molar-refractivity contribution in [1.29, 1.82) is 0 Å². The molecule has 0 bridgehead atoms. The van der Waals surface area contributed by atoms with Gasteiger partial charge in [0.1, 0.15) is 11.5 Å². The molecule has 0 unspecified atom stereocenters. The first kappa shape index (κ1) is 22.7. The molecule has 1 aliphatic rings. The van der Waals surface area contributed by atoms with E-state index in [0.29, 0.717) is 17.0 Å². The number of para-hydroxylation sites is 2. The van der Waals surface area contributed by atoms with Crippen LogP contribution in [0.4, 0.5) is 5.69 Å². The minimum atomic E-state index is -3.75. The second-order valence-electron chi connectivity index (χ2n) is 7.85. The van der Waals surface area contributed by atoms with E-state index in [9.17, 15) is 13.2 Å². The largest absolute Gasteiger partial charge is 0.497 e. The predicted molar refractivity (Wildman–Crippen MR) is 127 cm³/mol. The fraction of sp³-hybridized carbons (Fsp3) is 0.240. The molecule has 2 atom stereocenters. The Morgan fingerprint density at radius 2 is 1.73 bits per heavy atom. The molecule has 0 spiro atoms. The van der Waals surface area contributed by atoms with Gasteiger partial charge >= 0.3 is 0 Å². The highest BCUT2D eigenvalue weighted by molar-refractivity contribution is 7.92. The Morgan fingerprint density at radius 1 is 1.06 bits per heavy atom. The lowest BCUT2D eigenvalue weighted by molar-refractivity contribution is -0.128. The average molecular weight is 467 g/mol. The molecular formula is C25H26N2O5S. The summed E-state index contributed by atoms with van der Waals surface area (Å²) in [6.07, 6.45) is -0.980. The molecule has 1 N–H and O–H groups in total. The Hall–Kier alpha value is -3.52. The van der Waals surface area contributed by atoms with E-state index in [1.165, 1.54) is 4.31 Å². The van der Waals surface area contributed by atoms with Crippen molar-refractivity contribution in [3.05, 3.63) is 90.0 Å². The third kappa shape index (κ3) is 5.12. The van der Waals surface area contributed by atoms with Crippen LogP contribution < -0.4 is 19.1 Å². The summed E-state index contributed by atoms with van der Waals surface area (Å²) in [4.78, 5) is 13.1. The van der Waals surface area contributed by atoms with Crippen LogP contribution in [0.15, 0.2) is 78.9 Å². The topological polar surface area (TPSA) is 84.9 Å². The normalized spacial score (nSPS) is 16.3. The molecule has 0 aromatic heterocycles. The molecule has 0 saturated carbocycles. The van der Waals surface area contributed by atoms with Gasteiger partial charge < -0.3 is 14.8 Å². The fourth-order valence-corrected chi connectivity index (χ4v) is 5.33. The number of fused-ring (bicyclic) bond motifs is 1. The van der Waals surface area contributed by atoms with Gasteiger partial charge in [0.25, 0.3) is 5.91 Å². The van der Waals surface area contributed by atoms with Crippen LogP contribution in [0.1, 0.15) is 24.1 Å². The molecule has 0 fully saturated rings.